The second-order valence-electron chi connectivity index (χ2n) is 9.54. The molecule has 2 aliphatic rings. The Kier molecular flexibility index (Phi) is 6.94. The van der Waals surface area contributed by atoms with Crippen molar-refractivity contribution in [1.82, 2.24) is 14.7 Å². The number of rotatable bonds is 5. The molecule has 1 fully saturated rings. The summed E-state index contributed by atoms with van der Waals surface area (Å²) in [4.78, 5) is 33.8. The van der Waals surface area contributed by atoms with Crippen molar-refractivity contribution in [2.75, 3.05) is 38.6 Å². The summed E-state index contributed by atoms with van der Waals surface area (Å²) in [5.74, 6) is 0.496. The second-order valence-corrected chi connectivity index (χ2v) is 10.8. The molecule has 0 spiro atoms. The minimum atomic E-state index is -0.586. The number of hydrogen-bond donors (Lipinski definition) is 0. The first-order valence-electron chi connectivity index (χ1n) is 11.3. The van der Waals surface area contributed by atoms with Crippen molar-refractivity contribution in [2.24, 2.45) is 5.41 Å². The summed E-state index contributed by atoms with van der Waals surface area (Å²) >= 11 is 7.83. The molecule has 0 bridgehead atoms. The molecule has 2 atom stereocenters. The monoisotopic (exact) mass is 473 g/mol. The molecule has 1 saturated heterocycles. The average Bonchev–Trinajstić information content (AvgIpc) is 3.27. The summed E-state index contributed by atoms with van der Waals surface area (Å²) in [7, 11) is 0. The highest BCUT2D eigenvalue weighted by Crippen LogP contribution is 2.37. The van der Waals surface area contributed by atoms with Crippen LogP contribution in [0, 0.1) is 5.41 Å². The molecule has 4 rings (SSSR count). The third-order valence-electron chi connectivity index (χ3n) is 6.67. The third kappa shape index (κ3) is 4.59. The maximum atomic E-state index is 13.3. The Morgan fingerprint density at radius 2 is 1.88 bits per heavy atom. The Hall–Kier alpha value is -1.89. The van der Waals surface area contributed by atoms with E-state index in [1.165, 1.54) is 16.0 Å². The van der Waals surface area contributed by atoms with Gasteiger partial charge in [0.1, 0.15) is 0 Å². The standard InChI is InChI=1S/C25H32ClN3O2S/c1-18-15-27(12-13-29(18)24(31)25(2,3)17-26)22(30)16-28-11-9-21-20(10-14-32-21)23(28)19-7-5-4-6-8-19/h4-8,10,14,18,23H,9,11-13,15-17H2,1-3H3/t18-,23-/m1/s1. The first-order valence-corrected chi connectivity index (χ1v) is 12.7. The van der Waals surface area contributed by atoms with Crippen LogP contribution in [0.1, 0.15) is 42.8 Å². The fourth-order valence-corrected chi connectivity index (χ4v) is 5.79. The average molecular weight is 474 g/mol. The van der Waals surface area contributed by atoms with Crippen LogP contribution in [0.4, 0.5) is 0 Å². The van der Waals surface area contributed by atoms with Crippen LogP contribution in [0.15, 0.2) is 41.8 Å². The Bertz CT molecular complexity index is 961. The molecule has 3 heterocycles. The quantitative estimate of drug-likeness (QED) is 0.616. The van der Waals surface area contributed by atoms with E-state index in [0.717, 1.165) is 13.0 Å². The number of halogens is 1. The minimum absolute atomic E-state index is 0.0163. The van der Waals surface area contributed by atoms with E-state index < -0.39 is 5.41 Å². The number of carbonyl (C=O) groups is 2. The number of piperazine rings is 1. The largest absolute Gasteiger partial charge is 0.338 e. The van der Waals surface area contributed by atoms with Gasteiger partial charge in [0, 0.05) is 43.0 Å². The lowest BCUT2D eigenvalue weighted by atomic mass is 9.92. The predicted molar refractivity (Wildman–Crippen MR) is 130 cm³/mol. The van der Waals surface area contributed by atoms with Gasteiger partial charge in [-0.05, 0) is 49.8 Å². The lowest BCUT2D eigenvalue weighted by molar-refractivity contribution is -0.148. The molecular weight excluding hydrogens is 442 g/mol. The van der Waals surface area contributed by atoms with Crippen molar-refractivity contribution in [2.45, 2.75) is 39.3 Å². The summed E-state index contributed by atoms with van der Waals surface area (Å²) in [6.45, 7) is 8.74. The van der Waals surface area contributed by atoms with Crippen molar-refractivity contribution >= 4 is 34.8 Å². The lowest BCUT2D eigenvalue weighted by Crippen LogP contribution is -2.59. The van der Waals surface area contributed by atoms with Crippen LogP contribution in [-0.4, -0.2) is 71.2 Å². The molecule has 1 aromatic carbocycles. The van der Waals surface area contributed by atoms with Gasteiger partial charge in [0.2, 0.25) is 11.8 Å². The molecular formula is C25H32ClN3O2S. The summed E-state index contributed by atoms with van der Waals surface area (Å²) in [6, 6.07) is 12.8. The van der Waals surface area contributed by atoms with Gasteiger partial charge in [-0.15, -0.1) is 22.9 Å². The second kappa shape index (κ2) is 9.54. The van der Waals surface area contributed by atoms with Crippen LogP contribution in [0.3, 0.4) is 0 Å². The Morgan fingerprint density at radius 3 is 2.56 bits per heavy atom. The van der Waals surface area contributed by atoms with E-state index in [9.17, 15) is 9.59 Å². The van der Waals surface area contributed by atoms with E-state index in [-0.39, 0.29) is 29.8 Å². The van der Waals surface area contributed by atoms with E-state index in [1.54, 1.807) is 0 Å². The van der Waals surface area contributed by atoms with Crippen molar-refractivity contribution in [3.63, 3.8) is 0 Å². The zero-order chi connectivity index (χ0) is 22.9. The number of carbonyl (C=O) groups excluding carboxylic acids is 2. The van der Waals surface area contributed by atoms with Crippen molar-refractivity contribution < 1.29 is 9.59 Å². The Morgan fingerprint density at radius 1 is 1.12 bits per heavy atom. The molecule has 32 heavy (non-hydrogen) atoms. The van der Waals surface area contributed by atoms with Gasteiger partial charge < -0.3 is 9.80 Å². The molecule has 2 amide bonds. The summed E-state index contributed by atoms with van der Waals surface area (Å²) in [5.41, 5.74) is 1.97. The minimum Gasteiger partial charge on any atom is -0.338 e. The number of nitrogens with zero attached hydrogens (tertiary/aromatic N) is 3. The first-order chi connectivity index (χ1) is 15.3. The van der Waals surface area contributed by atoms with Gasteiger partial charge in [-0.3, -0.25) is 14.5 Å². The Balaban J connectivity index is 1.45. The summed E-state index contributed by atoms with van der Waals surface area (Å²) in [6.07, 6.45) is 0.982. The molecule has 172 valence electrons. The normalized spacial score (nSPS) is 22.0. The van der Waals surface area contributed by atoms with E-state index in [0.29, 0.717) is 26.2 Å². The first kappa shape index (κ1) is 23.3. The molecule has 2 aliphatic heterocycles. The number of benzene rings is 1. The number of fused-ring (bicyclic) bond motifs is 1. The van der Waals surface area contributed by atoms with E-state index in [1.807, 2.05) is 48.0 Å². The van der Waals surface area contributed by atoms with Crippen molar-refractivity contribution in [3.05, 3.63) is 57.8 Å². The van der Waals surface area contributed by atoms with E-state index in [2.05, 4.69) is 40.6 Å². The van der Waals surface area contributed by atoms with Crippen LogP contribution in [0.25, 0.3) is 0 Å². The fraction of sp³-hybridized carbons (Fsp3) is 0.520. The smallest absolute Gasteiger partial charge is 0.236 e. The highest BCUT2D eigenvalue weighted by atomic mass is 35.5. The molecule has 0 aliphatic carbocycles. The highest BCUT2D eigenvalue weighted by molar-refractivity contribution is 7.10. The van der Waals surface area contributed by atoms with Crippen molar-refractivity contribution in [3.8, 4) is 0 Å². The van der Waals surface area contributed by atoms with E-state index in [4.69, 9.17) is 11.6 Å². The van der Waals surface area contributed by atoms with Crippen molar-refractivity contribution in [1.29, 1.82) is 0 Å². The molecule has 0 radical (unpaired) electrons. The van der Waals surface area contributed by atoms with Gasteiger partial charge in [0.15, 0.2) is 0 Å². The number of alkyl halides is 1. The van der Waals surface area contributed by atoms with Crippen LogP contribution >= 0.6 is 22.9 Å². The van der Waals surface area contributed by atoms with Gasteiger partial charge in [0.05, 0.1) is 18.0 Å². The van der Waals surface area contributed by atoms with E-state index >= 15 is 0 Å². The summed E-state index contributed by atoms with van der Waals surface area (Å²) in [5, 5.41) is 2.16. The fourth-order valence-electron chi connectivity index (χ4n) is 4.77. The van der Waals surface area contributed by atoms with Crippen LogP contribution in [0.2, 0.25) is 0 Å². The topological polar surface area (TPSA) is 43.9 Å². The zero-order valence-corrected chi connectivity index (χ0v) is 20.7. The van der Waals surface area contributed by atoms with Gasteiger partial charge in [-0.25, -0.2) is 0 Å². The number of thiophene rings is 1. The molecule has 0 unspecified atom stereocenters. The molecule has 7 heteroatoms. The SMILES string of the molecule is C[C@@H]1CN(C(=O)CN2CCc3sccc3[C@H]2c2ccccc2)CCN1C(=O)C(C)(C)CCl. The maximum absolute atomic E-state index is 13.3. The number of hydrogen-bond acceptors (Lipinski definition) is 4. The van der Waals surface area contributed by atoms with Crippen LogP contribution in [-0.2, 0) is 16.0 Å². The maximum Gasteiger partial charge on any atom is 0.236 e. The van der Waals surface area contributed by atoms with Gasteiger partial charge in [-0.2, -0.15) is 0 Å². The molecule has 5 nitrogen and oxygen atoms in total. The van der Waals surface area contributed by atoms with Gasteiger partial charge in [-0.1, -0.05) is 30.3 Å². The Labute approximate surface area is 199 Å². The zero-order valence-electron chi connectivity index (χ0n) is 19.1. The molecule has 2 aromatic rings. The van der Waals surface area contributed by atoms with Gasteiger partial charge >= 0.3 is 0 Å². The molecule has 1 aromatic heterocycles. The predicted octanol–water partition coefficient (Wildman–Crippen LogP) is 4.02. The molecule has 0 saturated carbocycles. The summed E-state index contributed by atoms with van der Waals surface area (Å²) < 4.78 is 0. The third-order valence-corrected chi connectivity index (χ3v) is 8.34. The van der Waals surface area contributed by atoms with Crippen LogP contribution < -0.4 is 0 Å². The highest BCUT2D eigenvalue weighted by Gasteiger charge is 2.38. The molecule has 0 N–H and O–H groups in total. The lowest BCUT2D eigenvalue weighted by Gasteiger charge is -2.43. The number of amides is 2. The van der Waals surface area contributed by atoms with Crippen LogP contribution in [0.5, 0.6) is 0 Å². The van der Waals surface area contributed by atoms with Gasteiger partial charge in [0.25, 0.3) is 0 Å².